The van der Waals surface area contributed by atoms with Gasteiger partial charge in [-0.15, -0.1) is 0 Å². The van der Waals surface area contributed by atoms with Gasteiger partial charge in [-0.25, -0.2) is 4.79 Å². The first-order valence-corrected chi connectivity index (χ1v) is 3.31. The number of rotatable bonds is 2. The molecule has 6 nitrogen and oxygen atoms in total. The van der Waals surface area contributed by atoms with E-state index in [0.717, 1.165) is 0 Å². The number of nitrogens with two attached hydrogens (primary N) is 1. The van der Waals surface area contributed by atoms with E-state index in [9.17, 15) is 4.79 Å². The molecule has 0 aliphatic rings. The van der Waals surface area contributed by atoms with E-state index in [4.69, 9.17) is 26.2 Å². The third-order valence-corrected chi connectivity index (χ3v) is 0.852. The van der Waals surface area contributed by atoms with E-state index in [1.165, 1.54) is 13.8 Å². The molecule has 0 radical (unpaired) electrons. The fourth-order valence-electron chi connectivity index (χ4n) is 0. The van der Waals surface area contributed by atoms with Gasteiger partial charge in [0.05, 0.1) is 6.10 Å². The van der Waals surface area contributed by atoms with Gasteiger partial charge in [0.2, 0.25) is 0 Å². The number of aliphatic hydroxyl groups excluding tert-OH is 3. The predicted molar refractivity (Wildman–Crippen MR) is 41.2 cm³/mol. The van der Waals surface area contributed by atoms with Crippen LogP contribution >= 0.6 is 0 Å². The van der Waals surface area contributed by atoms with Crippen LogP contribution in [-0.4, -0.2) is 44.8 Å². The van der Waals surface area contributed by atoms with Crippen molar-refractivity contribution in [3.8, 4) is 0 Å². The summed E-state index contributed by atoms with van der Waals surface area (Å²) in [4.78, 5) is 9.45. The minimum absolute atomic E-state index is 0.815. The molecule has 0 bridgehead atoms. The number of aliphatic hydroxyl groups is 3. The van der Waals surface area contributed by atoms with Crippen LogP contribution < -0.4 is 5.73 Å². The summed E-state index contributed by atoms with van der Waals surface area (Å²) >= 11 is 0. The van der Waals surface area contributed by atoms with E-state index in [0.29, 0.717) is 0 Å². The van der Waals surface area contributed by atoms with E-state index in [-0.39, 0.29) is 0 Å². The molecular formula is C6H15NO5. The monoisotopic (exact) mass is 181 g/mol. The second kappa shape index (κ2) is 6.99. The fourth-order valence-corrected chi connectivity index (χ4v) is 0. The van der Waals surface area contributed by atoms with Gasteiger partial charge in [0.15, 0.2) is 0 Å². The standard InChI is InChI=1S/C3H9NO2.C3H6O3/c1-2(5)3(4)6;1-2(4)3(5)6/h2-3,5-6H,4H2,1H3;2,4H,1H3,(H,5,6). The van der Waals surface area contributed by atoms with Crippen LogP contribution in [0.15, 0.2) is 0 Å². The number of carboxylic acid groups (broad SMARTS) is 1. The molecule has 0 saturated heterocycles. The third-order valence-electron chi connectivity index (χ3n) is 0.852. The van der Waals surface area contributed by atoms with Crippen molar-refractivity contribution in [3.63, 3.8) is 0 Å². The second-order valence-corrected chi connectivity index (χ2v) is 2.25. The van der Waals surface area contributed by atoms with Crippen molar-refractivity contribution in [1.29, 1.82) is 0 Å². The zero-order valence-corrected chi connectivity index (χ0v) is 7.01. The largest absolute Gasteiger partial charge is 0.479 e. The van der Waals surface area contributed by atoms with Crippen molar-refractivity contribution in [1.82, 2.24) is 0 Å². The topological polar surface area (TPSA) is 124 Å². The maximum atomic E-state index is 9.45. The third kappa shape index (κ3) is 12.0. The minimum Gasteiger partial charge on any atom is -0.479 e. The van der Waals surface area contributed by atoms with Gasteiger partial charge in [-0.2, -0.15) is 0 Å². The van der Waals surface area contributed by atoms with E-state index in [1.807, 2.05) is 0 Å². The predicted octanol–water partition coefficient (Wildman–Crippen LogP) is -1.90. The molecule has 3 unspecified atom stereocenters. The van der Waals surface area contributed by atoms with Crippen LogP contribution in [0.5, 0.6) is 0 Å². The van der Waals surface area contributed by atoms with E-state index in [1.54, 1.807) is 0 Å². The number of carbonyl (C=O) groups is 1. The molecule has 12 heavy (non-hydrogen) atoms. The van der Waals surface area contributed by atoms with Crippen LogP contribution in [0.25, 0.3) is 0 Å². The minimum atomic E-state index is -1.23. The van der Waals surface area contributed by atoms with Crippen molar-refractivity contribution < 1.29 is 25.2 Å². The van der Waals surface area contributed by atoms with Gasteiger partial charge in [0, 0.05) is 0 Å². The molecule has 0 heterocycles. The summed E-state index contributed by atoms with van der Waals surface area (Å²) < 4.78 is 0. The normalized spacial score (nSPS) is 16.8. The van der Waals surface area contributed by atoms with Crippen molar-refractivity contribution in [2.24, 2.45) is 5.73 Å². The Bertz CT molecular complexity index is 117. The summed E-state index contributed by atoms with van der Waals surface area (Å²) in [6.45, 7) is 2.62. The van der Waals surface area contributed by atoms with Crippen LogP contribution in [0, 0.1) is 0 Å². The molecule has 0 aromatic heterocycles. The molecule has 0 spiro atoms. The Balaban J connectivity index is 0. The van der Waals surface area contributed by atoms with Crippen molar-refractivity contribution in [2.75, 3.05) is 0 Å². The first-order chi connectivity index (χ1) is 5.29. The Labute approximate surface area is 70.2 Å². The van der Waals surface area contributed by atoms with Gasteiger partial charge in [0.25, 0.3) is 0 Å². The van der Waals surface area contributed by atoms with Crippen LogP contribution in [0.1, 0.15) is 13.8 Å². The highest BCUT2D eigenvalue weighted by Gasteiger charge is 2.01. The van der Waals surface area contributed by atoms with Crippen LogP contribution in [0.2, 0.25) is 0 Å². The first-order valence-electron chi connectivity index (χ1n) is 3.31. The molecule has 0 fully saturated rings. The summed E-state index contributed by atoms with van der Waals surface area (Å²) in [6, 6.07) is 0. The molecule has 3 atom stereocenters. The van der Waals surface area contributed by atoms with Gasteiger partial charge in [-0.3, -0.25) is 0 Å². The number of aliphatic carboxylic acids is 1. The molecule has 6 heteroatoms. The highest BCUT2D eigenvalue weighted by Crippen LogP contribution is 1.78. The molecule has 0 aliphatic heterocycles. The highest BCUT2D eigenvalue weighted by molar-refractivity contribution is 5.71. The Hall–Kier alpha value is -0.690. The zero-order valence-electron chi connectivity index (χ0n) is 7.01. The average molecular weight is 181 g/mol. The molecule has 0 aromatic rings. The number of carboxylic acids is 1. The first kappa shape index (κ1) is 13.9. The molecule has 0 aliphatic carbocycles. The van der Waals surface area contributed by atoms with Crippen molar-refractivity contribution >= 4 is 5.97 Å². The molecule has 6 N–H and O–H groups in total. The average Bonchev–Trinajstić information content (AvgIpc) is 1.88. The van der Waals surface area contributed by atoms with Crippen LogP contribution in [-0.2, 0) is 4.79 Å². The quantitative estimate of drug-likeness (QED) is 0.317. The molecule has 0 saturated carbocycles. The highest BCUT2D eigenvalue weighted by atomic mass is 16.4. The molecular weight excluding hydrogens is 166 g/mol. The summed E-state index contributed by atoms with van der Waals surface area (Å²) in [6.07, 6.45) is -3.14. The second-order valence-electron chi connectivity index (χ2n) is 2.25. The summed E-state index contributed by atoms with van der Waals surface area (Å²) in [5.41, 5.74) is 4.74. The SMILES string of the molecule is CC(O)C(=O)O.CC(O)C(N)O. The van der Waals surface area contributed by atoms with Gasteiger partial charge in [0.1, 0.15) is 12.3 Å². The van der Waals surface area contributed by atoms with Crippen LogP contribution in [0.3, 0.4) is 0 Å². The van der Waals surface area contributed by atoms with Gasteiger partial charge < -0.3 is 26.2 Å². The lowest BCUT2D eigenvalue weighted by atomic mass is 10.4. The smallest absolute Gasteiger partial charge is 0.332 e. The maximum Gasteiger partial charge on any atom is 0.332 e. The molecule has 0 rings (SSSR count). The molecule has 0 aromatic carbocycles. The molecule has 74 valence electrons. The summed E-state index contributed by atoms with van der Waals surface area (Å²) in [5, 5.41) is 32.2. The van der Waals surface area contributed by atoms with E-state index < -0.39 is 24.4 Å². The Morgan fingerprint density at radius 3 is 1.42 bits per heavy atom. The van der Waals surface area contributed by atoms with Crippen molar-refractivity contribution in [3.05, 3.63) is 0 Å². The molecule has 0 amide bonds. The zero-order chi connectivity index (χ0) is 10.3. The lowest BCUT2D eigenvalue weighted by Crippen LogP contribution is -2.31. The lowest BCUT2D eigenvalue weighted by molar-refractivity contribution is -0.145. The van der Waals surface area contributed by atoms with Gasteiger partial charge in [-0.1, -0.05) is 0 Å². The number of hydrogen-bond acceptors (Lipinski definition) is 5. The Morgan fingerprint density at radius 1 is 1.25 bits per heavy atom. The Morgan fingerprint density at radius 2 is 1.42 bits per heavy atom. The van der Waals surface area contributed by atoms with Crippen molar-refractivity contribution in [2.45, 2.75) is 32.3 Å². The van der Waals surface area contributed by atoms with E-state index in [2.05, 4.69) is 0 Å². The van der Waals surface area contributed by atoms with Crippen LogP contribution in [0.4, 0.5) is 0 Å². The van der Waals surface area contributed by atoms with E-state index >= 15 is 0 Å². The van der Waals surface area contributed by atoms with Gasteiger partial charge in [-0.05, 0) is 13.8 Å². The summed E-state index contributed by atoms with van der Waals surface area (Å²) in [5.74, 6) is -1.19. The fraction of sp³-hybridized carbons (Fsp3) is 0.833. The van der Waals surface area contributed by atoms with Gasteiger partial charge >= 0.3 is 5.97 Å². The summed E-state index contributed by atoms with van der Waals surface area (Å²) in [7, 11) is 0. The number of hydrogen-bond donors (Lipinski definition) is 5. The lowest BCUT2D eigenvalue weighted by Gasteiger charge is -2.03. The maximum absolute atomic E-state index is 9.45. The Kier molecular flexibility index (Phi) is 8.07.